The van der Waals surface area contributed by atoms with Crippen molar-refractivity contribution in [2.24, 2.45) is 0 Å². The molecular formula is C24H24FN3O5S. The molecule has 10 heteroatoms. The summed E-state index contributed by atoms with van der Waals surface area (Å²) in [4.78, 5) is 25.9. The molecule has 0 fully saturated rings. The van der Waals surface area contributed by atoms with Crippen molar-refractivity contribution in [3.8, 4) is 23.3 Å². The fourth-order valence-electron chi connectivity index (χ4n) is 3.26. The van der Waals surface area contributed by atoms with Crippen LogP contribution < -0.4 is 20.7 Å². The summed E-state index contributed by atoms with van der Waals surface area (Å²) in [6.07, 6.45) is 2.24. The van der Waals surface area contributed by atoms with Gasteiger partial charge in [-0.3, -0.25) is 19.1 Å². The number of hydrogen-bond donors (Lipinski definition) is 2. The van der Waals surface area contributed by atoms with Crippen LogP contribution in [0, 0.1) is 17.7 Å². The maximum absolute atomic E-state index is 15.7. The van der Waals surface area contributed by atoms with Crippen molar-refractivity contribution in [3.63, 3.8) is 0 Å². The fraction of sp³-hybridized carbons (Fsp3) is 0.250. The summed E-state index contributed by atoms with van der Waals surface area (Å²) < 4.78 is 47.3. The summed E-state index contributed by atoms with van der Waals surface area (Å²) in [7, 11) is -2.01. The molecule has 3 aromatic rings. The van der Waals surface area contributed by atoms with Crippen LogP contribution in [0.1, 0.15) is 37.5 Å². The SMILES string of the molecule is COc1c(C(C)(C)C)cc(-n2ccc(=O)[nH]c2=O)c(F)c1C#Cc1ccc(NS(C)(=O)=O)cc1. The Hall–Kier alpha value is -3.84. The van der Waals surface area contributed by atoms with Crippen LogP contribution in [0.4, 0.5) is 10.1 Å². The molecule has 0 aliphatic carbocycles. The van der Waals surface area contributed by atoms with Crippen molar-refractivity contribution in [1.29, 1.82) is 0 Å². The minimum absolute atomic E-state index is 0.0543. The van der Waals surface area contributed by atoms with E-state index < -0.39 is 32.5 Å². The highest BCUT2D eigenvalue weighted by Gasteiger charge is 2.26. The summed E-state index contributed by atoms with van der Waals surface area (Å²) in [5, 5.41) is 0. The number of nitrogens with zero attached hydrogens (tertiary/aromatic N) is 1. The van der Waals surface area contributed by atoms with E-state index in [9.17, 15) is 18.0 Å². The number of benzene rings is 2. The van der Waals surface area contributed by atoms with Gasteiger partial charge in [0, 0.05) is 29.1 Å². The standard InChI is InChI=1S/C24H24FN3O5S/c1-24(2,3)18-14-19(28-13-12-20(29)26-23(28)30)21(25)17(22(18)33-4)11-8-15-6-9-16(10-7-15)27-34(5,31)32/h6-7,9-10,12-14,27H,1-5H3,(H,26,29,30). The third-order valence-corrected chi connectivity index (χ3v) is 5.42. The van der Waals surface area contributed by atoms with E-state index in [1.54, 1.807) is 12.1 Å². The lowest BCUT2D eigenvalue weighted by molar-refractivity contribution is 0.392. The molecule has 1 aromatic heterocycles. The van der Waals surface area contributed by atoms with Gasteiger partial charge in [-0.1, -0.05) is 32.6 Å². The number of hydrogen-bond acceptors (Lipinski definition) is 5. The number of nitrogens with one attached hydrogen (secondary N) is 2. The topological polar surface area (TPSA) is 110 Å². The predicted molar refractivity (Wildman–Crippen MR) is 129 cm³/mol. The van der Waals surface area contributed by atoms with E-state index in [0.29, 0.717) is 16.8 Å². The smallest absolute Gasteiger partial charge is 0.333 e. The molecule has 0 saturated heterocycles. The van der Waals surface area contributed by atoms with Crippen LogP contribution in [0.3, 0.4) is 0 Å². The van der Waals surface area contributed by atoms with Crippen molar-refractivity contribution in [3.05, 3.63) is 85.9 Å². The minimum Gasteiger partial charge on any atom is -0.495 e. The van der Waals surface area contributed by atoms with Crippen LogP contribution in [0.5, 0.6) is 5.75 Å². The Morgan fingerprint density at radius 3 is 2.26 bits per heavy atom. The Bertz CT molecular complexity index is 1520. The fourth-order valence-corrected chi connectivity index (χ4v) is 3.83. The first-order chi connectivity index (χ1) is 15.8. The molecular weight excluding hydrogens is 461 g/mol. The molecule has 178 valence electrons. The lowest BCUT2D eigenvalue weighted by atomic mass is 9.84. The van der Waals surface area contributed by atoms with Crippen molar-refractivity contribution < 1.29 is 17.5 Å². The van der Waals surface area contributed by atoms with Crippen molar-refractivity contribution in [2.75, 3.05) is 18.1 Å². The van der Waals surface area contributed by atoms with Gasteiger partial charge in [0.15, 0.2) is 5.82 Å². The number of methoxy groups -OCH3 is 1. The van der Waals surface area contributed by atoms with E-state index in [1.165, 1.54) is 31.5 Å². The summed E-state index contributed by atoms with van der Waals surface area (Å²) in [6, 6.07) is 8.88. The molecule has 0 radical (unpaired) electrons. The van der Waals surface area contributed by atoms with Crippen LogP contribution in [0.15, 0.2) is 52.2 Å². The molecule has 34 heavy (non-hydrogen) atoms. The van der Waals surface area contributed by atoms with Gasteiger partial charge in [0.25, 0.3) is 5.56 Å². The summed E-state index contributed by atoms with van der Waals surface area (Å²) >= 11 is 0. The van der Waals surface area contributed by atoms with Gasteiger partial charge in [-0.05, 0) is 35.7 Å². The van der Waals surface area contributed by atoms with Gasteiger partial charge >= 0.3 is 5.69 Å². The van der Waals surface area contributed by atoms with Crippen LogP contribution >= 0.6 is 0 Å². The van der Waals surface area contributed by atoms with E-state index in [4.69, 9.17) is 4.74 Å². The van der Waals surface area contributed by atoms with Crippen molar-refractivity contribution >= 4 is 15.7 Å². The Kier molecular flexibility index (Phi) is 6.70. The third kappa shape index (κ3) is 5.55. The first kappa shape index (κ1) is 24.8. The van der Waals surface area contributed by atoms with Crippen molar-refractivity contribution in [2.45, 2.75) is 26.2 Å². The lowest BCUT2D eigenvalue weighted by Gasteiger charge is -2.25. The van der Waals surface area contributed by atoms with Gasteiger partial charge in [0.1, 0.15) is 11.3 Å². The van der Waals surface area contributed by atoms with E-state index in [2.05, 4.69) is 21.5 Å². The molecule has 3 rings (SSSR count). The number of anilines is 1. The largest absolute Gasteiger partial charge is 0.495 e. The Morgan fingerprint density at radius 2 is 1.74 bits per heavy atom. The number of halogens is 1. The molecule has 0 saturated carbocycles. The zero-order valence-corrected chi connectivity index (χ0v) is 20.1. The molecule has 8 nitrogen and oxygen atoms in total. The second kappa shape index (κ2) is 9.19. The molecule has 2 aromatic carbocycles. The first-order valence-corrected chi connectivity index (χ1v) is 12.0. The Balaban J connectivity index is 2.21. The quantitative estimate of drug-likeness (QED) is 0.552. The van der Waals surface area contributed by atoms with Crippen LogP contribution in [-0.4, -0.2) is 31.3 Å². The normalized spacial score (nSPS) is 11.5. The van der Waals surface area contributed by atoms with Gasteiger partial charge in [-0.15, -0.1) is 0 Å². The second-order valence-electron chi connectivity index (χ2n) is 8.60. The van der Waals surface area contributed by atoms with Gasteiger partial charge in [0.2, 0.25) is 10.0 Å². The Morgan fingerprint density at radius 1 is 1.09 bits per heavy atom. The monoisotopic (exact) mass is 485 g/mol. The van der Waals surface area contributed by atoms with E-state index >= 15 is 4.39 Å². The van der Waals surface area contributed by atoms with Gasteiger partial charge in [-0.2, -0.15) is 0 Å². The van der Waals surface area contributed by atoms with Gasteiger partial charge < -0.3 is 4.74 Å². The number of H-pyrrole nitrogens is 1. The molecule has 0 amide bonds. The number of aromatic nitrogens is 2. The average Bonchev–Trinajstić information content (AvgIpc) is 2.72. The van der Waals surface area contributed by atoms with E-state index in [0.717, 1.165) is 16.9 Å². The Labute approximate surface area is 196 Å². The highest BCUT2D eigenvalue weighted by atomic mass is 32.2. The van der Waals surface area contributed by atoms with Crippen molar-refractivity contribution in [1.82, 2.24) is 9.55 Å². The van der Waals surface area contributed by atoms with Gasteiger partial charge in [-0.25, -0.2) is 17.6 Å². The van der Waals surface area contributed by atoms with Crippen LogP contribution in [0.2, 0.25) is 0 Å². The summed E-state index contributed by atoms with van der Waals surface area (Å²) in [5.41, 5.74) is -0.526. The second-order valence-corrected chi connectivity index (χ2v) is 10.3. The number of ether oxygens (including phenoxy) is 1. The lowest BCUT2D eigenvalue weighted by Crippen LogP contribution is -2.28. The van der Waals surface area contributed by atoms with Gasteiger partial charge in [0.05, 0.1) is 19.1 Å². The highest BCUT2D eigenvalue weighted by Crippen LogP contribution is 2.37. The molecule has 0 bridgehead atoms. The highest BCUT2D eigenvalue weighted by molar-refractivity contribution is 7.92. The number of sulfonamides is 1. The third-order valence-electron chi connectivity index (χ3n) is 4.81. The summed E-state index contributed by atoms with van der Waals surface area (Å²) in [6.45, 7) is 5.73. The van der Waals surface area contributed by atoms with Crippen LogP contribution in [-0.2, 0) is 15.4 Å². The molecule has 0 atom stereocenters. The van der Waals surface area contributed by atoms with E-state index in [-0.39, 0.29) is 17.0 Å². The molecule has 0 unspecified atom stereocenters. The zero-order valence-electron chi connectivity index (χ0n) is 19.3. The molecule has 1 heterocycles. The molecule has 0 aliphatic rings. The zero-order chi connectivity index (χ0) is 25.3. The average molecular weight is 486 g/mol. The molecule has 0 aliphatic heterocycles. The molecule has 2 N–H and O–H groups in total. The number of aromatic amines is 1. The summed E-state index contributed by atoms with van der Waals surface area (Å²) in [5.74, 6) is 5.09. The maximum Gasteiger partial charge on any atom is 0.333 e. The van der Waals surface area contributed by atoms with E-state index in [1.807, 2.05) is 20.8 Å². The first-order valence-electron chi connectivity index (χ1n) is 10.1. The minimum atomic E-state index is -3.42. The molecule has 0 spiro atoms. The number of rotatable bonds is 4. The van der Waals surface area contributed by atoms with Crippen LogP contribution in [0.25, 0.3) is 5.69 Å². The maximum atomic E-state index is 15.7. The predicted octanol–water partition coefficient (Wildman–Crippen LogP) is 2.74.